The molecule has 21 heavy (non-hydrogen) atoms. The number of nitrogens with zero attached hydrogens (tertiary/aromatic N) is 2. The van der Waals surface area contributed by atoms with E-state index in [2.05, 4.69) is 0 Å². The van der Waals surface area contributed by atoms with E-state index in [0.717, 1.165) is 37.9 Å². The maximum Gasteiger partial charge on any atom is 0.230 e. The smallest absolute Gasteiger partial charge is 0.230 e. The molecule has 2 heterocycles. The molecule has 0 aromatic heterocycles. The van der Waals surface area contributed by atoms with Crippen LogP contribution in [0.25, 0.3) is 0 Å². The highest BCUT2D eigenvalue weighted by Gasteiger charge is 2.48. The van der Waals surface area contributed by atoms with Crippen molar-refractivity contribution >= 4 is 11.8 Å². The van der Waals surface area contributed by atoms with Crippen LogP contribution in [0.2, 0.25) is 0 Å². The maximum absolute atomic E-state index is 12.5. The van der Waals surface area contributed by atoms with Gasteiger partial charge in [-0.05, 0) is 24.8 Å². The van der Waals surface area contributed by atoms with Crippen LogP contribution in [0.3, 0.4) is 0 Å². The van der Waals surface area contributed by atoms with Gasteiger partial charge in [0.05, 0.1) is 11.8 Å². The summed E-state index contributed by atoms with van der Waals surface area (Å²) in [6.07, 6.45) is 3.17. The fraction of sp³-hybridized carbons (Fsp3) is 0.529. The van der Waals surface area contributed by atoms with Gasteiger partial charge < -0.3 is 9.80 Å². The summed E-state index contributed by atoms with van der Waals surface area (Å²) in [6, 6.07) is 9.82. The Labute approximate surface area is 125 Å². The minimum Gasteiger partial charge on any atom is -0.345 e. The first-order chi connectivity index (χ1) is 10.1. The number of hydrogen-bond acceptors (Lipinski definition) is 2. The molecule has 112 valence electrons. The molecule has 2 amide bonds. The summed E-state index contributed by atoms with van der Waals surface area (Å²) in [4.78, 5) is 28.6. The van der Waals surface area contributed by atoms with Crippen LogP contribution >= 0.6 is 0 Å². The van der Waals surface area contributed by atoms with Gasteiger partial charge in [-0.3, -0.25) is 9.59 Å². The Morgan fingerprint density at radius 3 is 2.62 bits per heavy atom. The Bertz CT molecular complexity index is 539. The number of hydrogen-bond donors (Lipinski definition) is 0. The molecule has 4 nitrogen and oxygen atoms in total. The summed E-state index contributed by atoms with van der Waals surface area (Å²) < 4.78 is 0. The Kier molecular flexibility index (Phi) is 3.70. The van der Waals surface area contributed by atoms with Gasteiger partial charge in [-0.2, -0.15) is 0 Å². The van der Waals surface area contributed by atoms with E-state index in [1.54, 1.807) is 0 Å². The van der Waals surface area contributed by atoms with E-state index in [4.69, 9.17) is 0 Å². The largest absolute Gasteiger partial charge is 0.345 e. The lowest BCUT2D eigenvalue weighted by molar-refractivity contribution is -0.142. The van der Waals surface area contributed by atoms with Crippen molar-refractivity contribution in [1.29, 1.82) is 0 Å². The van der Waals surface area contributed by atoms with Crippen molar-refractivity contribution in [2.45, 2.75) is 25.7 Å². The van der Waals surface area contributed by atoms with Crippen LogP contribution in [-0.2, 0) is 16.0 Å². The minimum atomic E-state index is -0.306. The van der Waals surface area contributed by atoms with Crippen LogP contribution in [0.1, 0.15) is 24.8 Å². The molecule has 2 saturated heterocycles. The molecule has 1 aromatic carbocycles. The molecule has 0 bridgehead atoms. The van der Waals surface area contributed by atoms with Crippen molar-refractivity contribution in [1.82, 2.24) is 9.80 Å². The van der Waals surface area contributed by atoms with Crippen molar-refractivity contribution in [2.24, 2.45) is 5.41 Å². The monoisotopic (exact) mass is 286 g/mol. The normalized spacial score (nSPS) is 25.7. The Morgan fingerprint density at radius 2 is 1.95 bits per heavy atom. The predicted octanol–water partition coefficient (Wildman–Crippen LogP) is 1.70. The third-order valence-electron chi connectivity index (χ3n) is 4.85. The molecule has 1 atom stereocenters. The quantitative estimate of drug-likeness (QED) is 0.830. The summed E-state index contributed by atoms with van der Waals surface area (Å²) in [5, 5.41) is 0. The van der Waals surface area contributed by atoms with Gasteiger partial charge in [0.25, 0.3) is 0 Å². The summed E-state index contributed by atoms with van der Waals surface area (Å²) in [5.41, 5.74) is 0.733. The van der Waals surface area contributed by atoms with Gasteiger partial charge in [0.2, 0.25) is 11.8 Å². The number of carbonyl (C=O) groups is 2. The van der Waals surface area contributed by atoms with Crippen LogP contribution in [0.5, 0.6) is 0 Å². The molecule has 0 saturated carbocycles. The number of benzene rings is 1. The summed E-state index contributed by atoms with van der Waals surface area (Å²) >= 11 is 0. The van der Waals surface area contributed by atoms with Crippen molar-refractivity contribution in [2.75, 3.05) is 26.7 Å². The first-order valence-corrected chi connectivity index (χ1v) is 7.68. The number of rotatable bonds is 2. The summed E-state index contributed by atoms with van der Waals surface area (Å²) in [6.45, 7) is 2.20. The zero-order chi connectivity index (χ0) is 14.9. The Balaban J connectivity index is 1.69. The van der Waals surface area contributed by atoms with Gasteiger partial charge in [0, 0.05) is 26.7 Å². The molecular formula is C17H22N2O2. The van der Waals surface area contributed by atoms with E-state index in [9.17, 15) is 9.59 Å². The topological polar surface area (TPSA) is 40.6 Å². The van der Waals surface area contributed by atoms with Gasteiger partial charge in [-0.15, -0.1) is 0 Å². The average Bonchev–Trinajstić information content (AvgIpc) is 2.77. The van der Waals surface area contributed by atoms with E-state index >= 15 is 0 Å². The van der Waals surface area contributed by atoms with E-state index in [0.29, 0.717) is 13.0 Å². The molecule has 2 aliphatic heterocycles. The van der Waals surface area contributed by atoms with Crippen LogP contribution in [0.4, 0.5) is 0 Å². The van der Waals surface area contributed by atoms with E-state index < -0.39 is 0 Å². The second kappa shape index (κ2) is 5.51. The van der Waals surface area contributed by atoms with Gasteiger partial charge >= 0.3 is 0 Å². The number of carbonyl (C=O) groups excluding carboxylic acids is 2. The molecule has 1 aromatic rings. The standard InChI is InChI=1S/C17H22N2O2/c1-18-11-9-17(16(18)21)8-5-10-19(13-17)15(20)12-14-6-3-2-4-7-14/h2-4,6-7H,5,8-13H2,1H3/t17-/m1/s1. The molecule has 0 aliphatic carbocycles. The fourth-order valence-electron chi connectivity index (χ4n) is 3.60. The minimum absolute atomic E-state index is 0.141. The van der Waals surface area contributed by atoms with E-state index in [1.807, 2.05) is 47.2 Å². The van der Waals surface area contributed by atoms with Crippen LogP contribution in [0.15, 0.2) is 30.3 Å². The molecule has 2 aliphatic rings. The highest BCUT2D eigenvalue weighted by molar-refractivity contribution is 5.86. The lowest BCUT2D eigenvalue weighted by Crippen LogP contribution is -2.49. The first-order valence-electron chi connectivity index (χ1n) is 7.68. The maximum atomic E-state index is 12.5. The zero-order valence-electron chi connectivity index (χ0n) is 12.5. The zero-order valence-corrected chi connectivity index (χ0v) is 12.5. The van der Waals surface area contributed by atoms with Crippen molar-refractivity contribution in [3.05, 3.63) is 35.9 Å². The highest BCUT2D eigenvalue weighted by Crippen LogP contribution is 2.39. The summed E-state index contributed by atoms with van der Waals surface area (Å²) in [7, 11) is 1.86. The van der Waals surface area contributed by atoms with Gasteiger partial charge in [-0.1, -0.05) is 30.3 Å². The highest BCUT2D eigenvalue weighted by atomic mass is 16.2. The second-order valence-electron chi connectivity index (χ2n) is 6.34. The lowest BCUT2D eigenvalue weighted by Gasteiger charge is -2.39. The number of piperidine rings is 1. The third-order valence-corrected chi connectivity index (χ3v) is 4.85. The SMILES string of the molecule is CN1CC[C@@]2(CCCN(C(=O)Cc3ccccc3)C2)C1=O. The van der Waals surface area contributed by atoms with Gasteiger partial charge in [-0.25, -0.2) is 0 Å². The van der Waals surface area contributed by atoms with Gasteiger partial charge in [0.15, 0.2) is 0 Å². The van der Waals surface area contributed by atoms with E-state index in [-0.39, 0.29) is 17.2 Å². The molecule has 1 spiro atoms. The Morgan fingerprint density at radius 1 is 1.19 bits per heavy atom. The van der Waals surface area contributed by atoms with Gasteiger partial charge in [0.1, 0.15) is 0 Å². The molecule has 4 heteroatoms. The Hall–Kier alpha value is -1.84. The summed E-state index contributed by atoms with van der Waals surface area (Å²) in [5.74, 6) is 0.363. The van der Waals surface area contributed by atoms with Crippen molar-refractivity contribution in [3.63, 3.8) is 0 Å². The number of likely N-dealkylation sites (tertiary alicyclic amines) is 2. The van der Waals surface area contributed by atoms with Crippen LogP contribution < -0.4 is 0 Å². The molecule has 3 rings (SSSR count). The first kappa shape index (κ1) is 14.1. The molecule has 0 radical (unpaired) electrons. The second-order valence-corrected chi connectivity index (χ2v) is 6.34. The van der Waals surface area contributed by atoms with E-state index in [1.165, 1.54) is 0 Å². The molecular weight excluding hydrogens is 264 g/mol. The van der Waals surface area contributed by atoms with Crippen molar-refractivity contribution < 1.29 is 9.59 Å². The third kappa shape index (κ3) is 2.67. The fourth-order valence-corrected chi connectivity index (χ4v) is 3.60. The van der Waals surface area contributed by atoms with Crippen LogP contribution in [0, 0.1) is 5.41 Å². The van der Waals surface area contributed by atoms with Crippen molar-refractivity contribution in [3.8, 4) is 0 Å². The average molecular weight is 286 g/mol. The predicted molar refractivity (Wildman–Crippen MR) is 80.6 cm³/mol. The number of amides is 2. The lowest BCUT2D eigenvalue weighted by atomic mass is 9.78. The molecule has 2 fully saturated rings. The van der Waals surface area contributed by atoms with Crippen LogP contribution in [-0.4, -0.2) is 48.3 Å². The molecule has 0 unspecified atom stereocenters. The molecule has 0 N–H and O–H groups in total.